The number of ether oxygens (including phenoxy) is 7. The van der Waals surface area contributed by atoms with Crippen LogP contribution in [0.2, 0.25) is 0 Å². The molecular formula is C23H26O9. The molecular weight excluding hydrogens is 420 g/mol. The Balaban J connectivity index is 1.97. The number of fused-ring (bicyclic) bond motifs is 2. The molecule has 0 saturated heterocycles. The summed E-state index contributed by atoms with van der Waals surface area (Å²) in [5.41, 5.74) is 1.27. The molecule has 9 nitrogen and oxygen atoms in total. The number of hydrogen-bond donors (Lipinski definition) is 1. The minimum atomic E-state index is -1.86. The van der Waals surface area contributed by atoms with Crippen LogP contribution in [0.5, 0.6) is 34.5 Å². The van der Waals surface area contributed by atoms with Crippen LogP contribution in [0.3, 0.4) is 0 Å². The number of esters is 1. The van der Waals surface area contributed by atoms with Crippen LogP contribution >= 0.6 is 0 Å². The standard InChI is InChI=1S/C23H26O9/c1-6-29-22(24)20-19(12-7-17(26-3)21(28-5)18(8-12)27-4)13-9-15-16(31-11-30-15)10-14(13)32-23(20,2)25/h7-10,19-20,25H,6,11H2,1-5H3/t19-,20-,23-/m0/s1. The van der Waals surface area contributed by atoms with E-state index in [1.54, 1.807) is 31.2 Å². The summed E-state index contributed by atoms with van der Waals surface area (Å²) in [5, 5.41) is 11.2. The smallest absolute Gasteiger partial charge is 0.316 e. The van der Waals surface area contributed by atoms with Crippen molar-refractivity contribution in [1.82, 2.24) is 0 Å². The molecule has 2 aromatic rings. The Morgan fingerprint density at radius 3 is 2.22 bits per heavy atom. The molecule has 1 N–H and O–H groups in total. The summed E-state index contributed by atoms with van der Waals surface area (Å²) in [6, 6.07) is 6.90. The lowest BCUT2D eigenvalue weighted by Gasteiger charge is -2.42. The lowest BCUT2D eigenvalue weighted by Crippen LogP contribution is -2.51. The van der Waals surface area contributed by atoms with Gasteiger partial charge in [-0.05, 0) is 30.7 Å². The third-order valence-corrected chi connectivity index (χ3v) is 5.65. The highest BCUT2D eigenvalue weighted by Gasteiger charge is 2.52. The van der Waals surface area contributed by atoms with Crippen molar-refractivity contribution in [2.75, 3.05) is 34.7 Å². The van der Waals surface area contributed by atoms with Gasteiger partial charge in [-0.15, -0.1) is 0 Å². The van der Waals surface area contributed by atoms with Crippen molar-refractivity contribution in [2.24, 2.45) is 5.92 Å². The van der Waals surface area contributed by atoms with E-state index in [1.165, 1.54) is 28.3 Å². The fraction of sp³-hybridized carbons (Fsp3) is 0.435. The minimum Gasteiger partial charge on any atom is -0.493 e. The van der Waals surface area contributed by atoms with Gasteiger partial charge in [0.15, 0.2) is 23.0 Å². The van der Waals surface area contributed by atoms with Gasteiger partial charge in [0.2, 0.25) is 18.3 Å². The van der Waals surface area contributed by atoms with E-state index in [1.807, 2.05) is 0 Å². The summed E-state index contributed by atoms with van der Waals surface area (Å²) in [5.74, 6) is -1.58. The summed E-state index contributed by atoms with van der Waals surface area (Å²) < 4.78 is 38.6. The van der Waals surface area contributed by atoms with Gasteiger partial charge in [0.05, 0.1) is 27.9 Å². The average molecular weight is 446 g/mol. The topological polar surface area (TPSA) is 102 Å². The van der Waals surface area contributed by atoms with E-state index >= 15 is 0 Å². The normalized spacial score (nSPS) is 23.1. The molecule has 9 heteroatoms. The quantitative estimate of drug-likeness (QED) is 0.671. The number of hydrogen-bond acceptors (Lipinski definition) is 9. The Kier molecular flexibility index (Phi) is 5.68. The molecule has 0 aliphatic carbocycles. The van der Waals surface area contributed by atoms with Gasteiger partial charge in [-0.25, -0.2) is 0 Å². The van der Waals surface area contributed by atoms with Crippen LogP contribution < -0.4 is 28.4 Å². The third-order valence-electron chi connectivity index (χ3n) is 5.65. The molecule has 172 valence electrons. The van der Waals surface area contributed by atoms with E-state index in [0.29, 0.717) is 45.6 Å². The predicted molar refractivity (Wildman–Crippen MR) is 112 cm³/mol. The maximum Gasteiger partial charge on any atom is 0.316 e. The lowest BCUT2D eigenvalue weighted by molar-refractivity contribution is -0.198. The Labute approximate surface area is 185 Å². The van der Waals surface area contributed by atoms with Crippen LogP contribution in [0, 0.1) is 5.92 Å². The first-order valence-corrected chi connectivity index (χ1v) is 10.2. The number of carbonyl (C=O) groups excluding carboxylic acids is 1. The molecule has 2 aromatic carbocycles. The molecule has 0 fully saturated rings. The van der Waals surface area contributed by atoms with E-state index in [4.69, 9.17) is 33.2 Å². The summed E-state index contributed by atoms with van der Waals surface area (Å²) in [4.78, 5) is 13.1. The number of aliphatic hydroxyl groups is 1. The van der Waals surface area contributed by atoms with Gasteiger partial charge in [-0.3, -0.25) is 4.79 Å². The Hall–Kier alpha value is -3.33. The molecule has 2 heterocycles. The maximum atomic E-state index is 13.1. The van der Waals surface area contributed by atoms with Crippen molar-refractivity contribution in [3.8, 4) is 34.5 Å². The SMILES string of the molecule is CCOC(=O)[C@@H]1[C@@H](c2cc(OC)c(OC)c(OC)c2)c2cc3c(cc2O[C@]1(C)O)OCO3. The molecule has 32 heavy (non-hydrogen) atoms. The van der Waals surface area contributed by atoms with Crippen molar-refractivity contribution in [3.63, 3.8) is 0 Å². The zero-order valence-electron chi connectivity index (χ0n) is 18.6. The Bertz CT molecular complexity index is 1010. The molecule has 0 saturated carbocycles. The molecule has 0 amide bonds. The van der Waals surface area contributed by atoms with Crippen molar-refractivity contribution in [2.45, 2.75) is 25.6 Å². The fourth-order valence-electron chi connectivity index (χ4n) is 4.29. The van der Waals surface area contributed by atoms with E-state index < -0.39 is 23.6 Å². The van der Waals surface area contributed by atoms with Crippen LogP contribution in [0.15, 0.2) is 24.3 Å². The molecule has 2 aliphatic heterocycles. The van der Waals surface area contributed by atoms with Crippen molar-refractivity contribution < 1.29 is 43.1 Å². The van der Waals surface area contributed by atoms with Crippen LogP contribution in [0.4, 0.5) is 0 Å². The molecule has 0 spiro atoms. The van der Waals surface area contributed by atoms with E-state index in [0.717, 1.165) is 0 Å². The van der Waals surface area contributed by atoms with Crippen LogP contribution in [0.1, 0.15) is 30.9 Å². The van der Waals surface area contributed by atoms with Crippen LogP contribution in [-0.4, -0.2) is 51.6 Å². The lowest BCUT2D eigenvalue weighted by atomic mass is 9.74. The van der Waals surface area contributed by atoms with Crippen LogP contribution in [0.25, 0.3) is 0 Å². The molecule has 0 aromatic heterocycles. The van der Waals surface area contributed by atoms with Gasteiger partial charge < -0.3 is 38.3 Å². The number of rotatable bonds is 6. The second-order valence-electron chi connectivity index (χ2n) is 7.57. The highest BCUT2D eigenvalue weighted by atomic mass is 16.7. The number of methoxy groups -OCH3 is 3. The minimum absolute atomic E-state index is 0.0742. The van der Waals surface area contributed by atoms with Gasteiger partial charge in [0, 0.05) is 24.5 Å². The van der Waals surface area contributed by atoms with Crippen molar-refractivity contribution in [3.05, 3.63) is 35.4 Å². The first-order valence-electron chi connectivity index (χ1n) is 10.2. The molecule has 0 bridgehead atoms. The largest absolute Gasteiger partial charge is 0.493 e. The molecule has 4 rings (SSSR count). The molecule has 0 radical (unpaired) electrons. The maximum absolute atomic E-state index is 13.1. The highest BCUT2D eigenvalue weighted by Crippen LogP contribution is 2.53. The summed E-state index contributed by atoms with van der Waals surface area (Å²) in [6.07, 6.45) is 0. The van der Waals surface area contributed by atoms with Crippen LogP contribution in [-0.2, 0) is 9.53 Å². The summed E-state index contributed by atoms with van der Waals surface area (Å²) in [6.45, 7) is 3.37. The molecule has 0 unspecified atom stereocenters. The van der Waals surface area contributed by atoms with Gasteiger partial charge in [0.25, 0.3) is 0 Å². The van der Waals surface area contributed by atoms with E-state index in [-0.39, 0.29) is 13.4 Å². The Morgan fingerprint density at radius 1 is 1.03 bits per heavy atom. The third kappa shape index (κ3) is 3.52. The molecule has 3 atom stereocenters. The second-order valence-corrected chi connectivity index (χ2v) is 7.57. The first kappa shape index (κ1) is 21.9. The summed E-state index contributed by atoms with van der Waals surface area (Å²) >= 11 is 0. The number of benzene rings is 2. The average Bonchev–Trinajstić information content (AvgIpc) is 3.22. The highest BCUT2D eigenvalue weighted by molar-refractivity contribution is 5.78. The van der Waals surface area contributed by atoms with E-state index in [2.05, 4.69) is 0 Å². The summed E-state index contributed by atoms with van der Waals surface area (Å²) in [7, 11) is 4.53. The zero-order valence-corrected chi connectivity index (χ0v) is 18.6. The fourth-order valence-corrected chi connectivity index (χ4v) is 4.29. The van der Waals surface area contributed by atoms with Crippen molar-refractivity contribution in [1.29, 1.82) is 0 Å². The number of carbonyl (C=O) groups is 1. The first-order chi connectivity index (χ1) is 15.3. The molecule has 2 aliphatic rings. The van der Waals surface area contributed by atoms with Crippen molar-refractivity contribution >= 4 is 5.97 Å². The van der Waals surface area contributed by atoms with Gasteiger partial charge in [-0.1, -0.05) is 0 Å². The Morgan fingerprint density at radius 2 is 1.66 bits per heavy atom. The second kappa shape index (κ2) is 8.31. The monoisotopic (exact) mass is 446 g/mol. The van der Waals surface area contributed by atoms with Gasteiger partial charge in [0.1, 0.15) is 11.7 Å². The van der Waals surface area contributed by atoms with E-state index in [9.17, 15) is 9.90 Å². The van der Waals surface area contributed by atoms with Gasteiger partial charge in [-0.2, -0.15) is 0 Å². The zero-order chi connectivity index (χ0) is 23.0. The van der Waals surface area contributed by atoms with Gasteiger partial charge >= 0.3 is 5.97 Å². The predicted octanol–water partition coefficient (Wildman–Crippen LogP) is 2.85.